The first-order valence-corrected chi connectivity index (χ1v) is 9.19. The molecule has 0 aromatic carbocycles. The molecular formula is C13H25F3N2O3S. The van der Waals surface area contributed by atoms with Crippen LogP contribution in [0, 0.1) is 0 Å². The molecule has 0 unspecified atom stereocenters. The molecule has 5 nitrogen and oxygen atoms in total. The van der Waals surface area contributed by atoms with Crippen molar-refractivity contribution in [1.29, 1.82) is 0 Å². The van der Waals surface area contributed by atoms with Crippen LogP contribution in [0.5, 0.6) is 0 Å². The summed E-state index contributed by atoms with van der Waals surface area (Å²) in [6.07, 6.45) is 0.870. The summed E-state index contributed by atoms with van der Waals surface area (Å²) in [5.74, 6) is -0.869. The van der Waals surface area contributed by atoms with Gasteiger partial charge in [-0.05, 0) is 13.3 Å². The maximum absolute atomic E-state index is 12.3. The van der Waals surface area contributed by atoms with Crippen molar-refractivity contribution in [3.63, 3.8) is 0 Å². The maximum atomic E-state index is 12.3. The lowest BCUT2D eigenvalue weighted by molar-refractivity contribution is -0.0438. The van der Waals surface area contributed by atoms with E-state index in [4.69, 9.17) is 4.74 Å². The fraction of sp³-hybridized carbons (Fsp3) is 1.00. The molecule has 0 bridgehead atoms. The second kappa shape index (κ2) is 8.47. The molecule has 9 heteroatoms. The molecular weight excluding hydrogens is 321 g/mol. The van der Waals surface area contributed by atoms with Crippen LogP contribution in [0.2, 0.25) is 0 Å². The van der Waals surface area contributed by atoms with Crippen LogP contribution in [0.4, 0.5) is 13.2 Å². The van der Waals surface area contributed by atoms with Gasteiger partial charge in [0.1, 0.15) is 0 Å². The molecule has 22 heavy (non-hydrogen) atoms. The Hall–Kier alpha value is -0.380. The molecule has 0 aromatic heterocycles. The molecule has 1 rings (SSSR count). The predicted molar refractivity (Wildman–Crippen MR) is 78.4 cm³/mol. The number of sulfone groups is 1. The third-order valence-electron chi connectivity index (χ3n) is 3.92. The molecule has 1 fully saturated rings. The van der Waals surface area contributed by atoms with E-state index in [2.05, 4.69) is 4.90 Å². The summed E-state index contributed by atoms with van der Waals surface area (Å²) in [6, 6.07) is 0.225. The van der Waals surface area contributed by atoms with Crippen molar-refractivity contribution in [2.75, 3.05) is 51.7 Å². The minimum atomic E-state index is -5.16. The largest absolute Gasteiger partial charge is 0.497 e. The van der Waals surface area contributed by atoms with E-state index >= 15 is 0 Å². The van der Waals surface area contributed by atoms with E-state index in [1.54, 1.807) is 4.90 Å². The van der Waals surface area contributed by atoms with Gasteiger partial charge in [0, 0.05) is 45.4 Å². The minimum absolute atomic E-state index is 0.0718. The summed E-state index contributed by atoms with van der Waals surface area (Å²) in [6.45, 7) is 7.86. The Morgan fingerprint density at radius 3 is 2.41 bits per heavy atom. The number of piperazine rings is 1. The van der Waals surface area contributed by atoms with Gasteiger partial charge in [-0.3, -0.25) is 9.80 Å². The molecule has 0 radical (unpaired) electrons. The van der Waals surface area contributed by atoms with Gasteiger partial charge in [-0.2, -0.15) is 13.2 Å². The Balaban J connectivity index is 2.47. The fourth-order valence-electron chi connectivity index (χ4n) is 2.53. The highest BCUT2D eigenvalue weighted by Gasteiger charge is 2.45. The van der Waals surface area contributed by atoms with Crippen LogP contribution in [-0.2, 0) is 14.6 Å². The first-order chi connectivity index (χ1) is 10.2. The molecule has 0 N–H and O–H groups in total. The summed E-state index contributed by atoms with van der Waals surface area (Å²) in [7, 11) is -5.03. The van der Waals surface area contributed by atoms with Crippen molar-refractivity contribution in [3.05, 3.63) is 0 Å². The second-order valence-corrected chi connectivity index (χ2v) is 7.46. The predicted octanol–water partition coefficient (Wildman–Crippen LogP) is 1.35. The number of rotatable bonds is 8. The molecule has 0 aromatic rings. The van der Waals surface area contributed by atoms with E-state index in [9.17, 15) is 21.6 Å². The smallest absolute Gasteiger partial charge is 0.380 e. The van der Waals surface area contributed by atoms with Gasteiger partial charge in [0.2, 0.25) is 9.84 Å². The topological polar surface area (TPSA) is 49.9 Å². The molecule has 1 atom stereocenters. The highest BCUT2D eigenvalue weighted by atomic mass is 32.2. The van der Waals surface area contributed by atoms with E-state index in [-0.39, 0.29) is 12.6 Å². The molecule has 0 amide bonds. The van der Waals surface area contributed by atoms with Crippen LogP contribution in [0.1, 0.15) is 20.3 Å². The SMILES string of the molecule is CCOCCN1CCN(CCS(=O)(=O)C(F)(F)F)C[C@H]1CC. The summed E-state index contributed by atoms with van der Waals surface area (Å²) >= 11 is 0. The minimum Gasteiger partial charge on any atom is -0.380 e. The summed E-state index contributed by atoms with van der Waals surface area (Å²) in [4.78, 5) is 4.05. The summed E-state index contributed by atoms with van der Waals surface area (Å²) < 4.78 is 64.5. The second-order valence-electron chi connectivity index (χ2n) is 5.36. The number of ether oxygens (including phenoxy) is 1. The normalized spacial score (nSPS) is 22.1. The van der Waals surface area contributed by atoms with Crippen LogP contribution in [-0.4, -0.2) is 81.5 Å². The lowest BCUT2D eigenvalue weighted by atomic mass is 10.1. The van der Waals surface area contributed by atoms with Gasteiger partial charge in [-0.1, -0.05) is 6.92 Å². The number of nitrogens with zero attached hydrogens (tertiary/aromatic N) is 2. The lowest BCUT2D eigenvalue weighted by Gasteiger charge is -2.41. The zero-order chi connectivity index (χ0) is 16.8. The first kappa shape index (κ1) is 19.7. The average Bonchev–Trinajstić information content (AvgIpc) is 2.45. The maximum Gasteiger partial charge on any atom is 0.497 e. The van der Waals surface area contributed by atoms with Crippen LogP contribution in [0.3, 0.4) is 0 Å². The van der Waals surface area contributed by atoms with Crippen molar-refractivity contribution in [1.82, 2.24) is 9.80 Å². The number of hydrogen-bond acceptors (Lipinski definition) is 5. The van der Waals surface area contributed by atoms with Crippen LogP contribution >= 0.6 is 0 Å². The number of alkyl halides is 3. The quantitative estimate of drug-likeness (QED) is 0.621. The Labute approximate surface area is 130 Å². The van der Waals surface area contributed by atoms with E-state index in [0.29, 0.717) is 26.3 Å². The number of halogens is 3. The van der Waals surface area contributed by atoms with Crippen LogP contribution < -0.4 is 0 Å². The van der Waals surface area contributed by atoms with E-state index in [1.807, 2.05) is 13.8 Å². The standard InChI is InChI=1S/C13H25F3N2O3S/c1-3-12-11-17(5-6-18(12)7-9-21-4-2)8-10-22(19,20)13(14,15)16/h12H,3-11H2,1-2H3/t12-/m1/s1. The van der Waals surface area contributed by atoms with Crippen molar-refractivity contribution in [2.45, 2.75) is 31.8 Å². The van der Waals surface area contributed by atoms with Crippen molar-refractivity contribution < 1.29 is 26.3 Å². The fourth-order valence-corrected chi connectivity index (χ4v) is 3.26. The zero-order valence-electron chi connectivity index (χ0n) is 13.1. The Morgan fingerprint density at radius 1 is 1.18 bits per heavy atom. The van der Waals surface area contributed by atoms with Gasteiger partial charge in [0.25, 0.3) is 0 Å². The molecule has 132 valence electrons. The molecule has 1 saturated heterocycles. The number of hydrogen-bond donors (Lipinski definition) is 0. The Bertz CT molecular complexity index is 429. The van der Waals surface area contributed by atoms with Gasteiger partial charge in [-0.25, -0.2) is 8.42 Å². The third-order valence-corrected chi connectivity index (χ3v) is 5.34. The Morgan fingerprint density at radius 2 is 1.86 bits per heavy atom. The van der Waals surface area contributed by atoms with Gasteiger partial charge >= 0.3 is 5.51 Å². The molecule has 1 heterocycles. The zero-order valence-corrected chi connectivity index (χ0v) is 13.9. The highest BCUT2D eigenvalue weighted by molar-refractivity contribution is 7.92. The van der Waals surface area contributed by atoms with Crippen LogP contribution in [0.15, 0.2) is 0 Å². The molecule has 1 aliphatic heterocycles. The van der Waals surface area contributed by atoms with E-state index < -0.39 is 21.1 Å². The highest BCUT2D eigenvalue weighted by Crippen LogP contribution is 2.24. The summed E-state index contributed by atoms with van der Waals surface area (Å²) in [5.41, 5.74) is -5.16. The van der Waals surface area contributed by atoms with Gasteiger partial charge in [-0.15, -0.1) is 0 Å². The van der Waals surface area contributed by atoms with Gasteiger partial charge < -0.3 is 4.74 Å². The van der Waals surface area contributed by atoms with Crippen molar-refractivity contribution in [3.8, 4) is 0 Å². The first-order valence-electron chi connectivity index (χ1n) is 7.54. The van der Waals surface area contributed by atoms with E-state index in [1.165, 1.54) is 0 Å². The molecule has 0 aliphatic carbocycles. The van der Waals surface area contributed by atoms with E-state index in [0.717, 1.165) is 19.5 Å². The molecule has 0 saturated carbocycles. The summed E-state index contributed by atoms with van der Waals surface area (Å²) in [5, 5.41) is 0. The lowest BCUT2D eigenvalue weighted by Crippen LogP contribution is -2.54. The van der Waals surface area contributed by atoms with Gasteiger partial charge in [0.15, 0.2) is 0 Å². The Kier molecular flexibility index (Phi) is 7.57. The molecule has 1 aliphatic rings. The van der Waals surface area contributed by atoms with Crippen LogP contribution in [0.25, 0.3) is 0 Å². The van der Waals surface area contributed by atoms with Gasteiger partial charge in [0.05, 0.1) is 12.4 Å². The van der Waals surface area contributed by atoms with Crippen molar-refractivity contribution in [2.24, 2.45) is 0 Å². The third kappa shape index (κ3) is 5.68. The average molecular weight is 346 g/mol. The van der Waals surface area contributed by atoms with Crippen molar-refractivity contribution >= 4 is 9.84 Å². The molecule has 0 spiro atoms. The monoisotopic (exact) mass is 346 g/mol.